The number of ether oxygens (including phenoxy) is 1. The van der Waals surface area contributed by atoms with Crippen LogP contribution >= 0.6 is 34.4 Å². The SMILES string of the molecule is C/C=C\SC.CN(C(=O)CCN1CCC2(CC1)CC(OC(=O)C(O)(c1cccs1)c1cccs1)C2)c1ccc(C(=O)Nc2ccc(C=O)cc2)cc1. The molecule has 2 aromatic heterocycles. The van der Waals surface area contributed by atoms with E-state index in [1.54, 1.807) is 84.4 Å². The summed E-state index contributed by atoms with van der Waals surface area (Å²) in [6.45, 7) is 4.44. The fourth-order valence-corrected chi connectivity index (χ4v) is 8.55. The first-order valence-electron chi connectivity index (χ1n) is 17.2. The van der Waals surface area contributed by atoms with Gasteiger partial charge in [0.05, 0.1) is 9.75 Å². The van der Waals surface area contributed by atoms with Crippen LogP contribution in [0.3, 0.4) is 0 Å². The second-order valence-corrected chi connectivity index (χ2v) is 15.7. The van der Waals surface area contributed by atoms with Crippen LogP contribution < -0.4 is 10.2 Å². The molecule has 2 amide bonds. The normalized spacial score (nSPS) is 15.7. The number of carbonyl (C=O) groups is 4. The third-order valence-electron chi connectivity index (χ3n) is 9.67. The van der Waals surface area contributed by atoms with Gasteiger partial charge in [0.1, 0.15) is 12.4 Å². The number of nitrogens with one attached hydrogen (secondary N) is 1. The van der Waals surface area contributed by atoms with Crippen LogP contribution in [0, 0.1) is 5.41 Å². The number of allylic oxidation sites excluding steroid dienone is 1. The highest BCUT2D eigenvalue weighted by Crippen LogP contribution is 2.51. The monoisotopic (exact) mass is 759 g/mol. The lowest BCUT2D eigenvalue weighted by Gasteiger charge is -2.51. The van der Waals surface area contributed by atoms with Gasteiger partial charge < -0.3 is 25.0 Å². The number of anilines is 2. The van der Waals surface area contributed by atoms with Crippen LogP contribution in [0.5, 0.6) is 0 Å². The van der Waals surface area contributed by atoms with Crippen molar-refractivity contribution in [2.24, 2.45) is 5.41 Å². The molecule has 0 bridgehead atoms. The molecule has 2 aliphatic rings. The van der Waals surface area contributed by atoms with Crippen molar-refractivity contribution in [1.29, 1.82) is 0 Å². The van der Waals surface area contributed by atoms with E-state index >= 15 is 0 Å². The number of amides is 2. The Bertz CT molecular complexity index is 1760. The lowest BCUT2D eigenvalue weighted by Crippen LogP contribution is -2.52. The highest BCUT2D eigenvalue weighted by atomic mass is 32.2. The number of hydrogen-bond acceptors (Lipinski definition) is 10. The van der Waals surface area contributed by atoms with Gasteiger partial charge in [-0.05, 0) is 134 Å². The van der Waals surface area contributed by atoms with Gasteiger partial charge >= 0.3 is 5.97 Å². The second kappa shape index (κ2) is 18.1. The van der Waals surface area contributed by atoms with Crippen molar-refractivity contribution in [3.05, 3.63) is 116 Å². The van der Waals surface area contributed by atoms with Crippen LogP contribution in [0.1, 0.15) is 69.5 Å². The molecular weight excluding hydrogens is 715 g/mol. The van der Waals surface area contributed by atoms with Crippen LogP contribution in [-0.4, -0.2) is 73.1 Å². The number of benzene rings is 2. The number of piperidine rings is 1. The Morgan fingerprint density at radius 1 is 1.00 bits per heavy atom. The smallest absolute Gasteiger partial charge is 0.349 e. The van der Waals surface area contributed by atoms with Gasteiger partial charge in [-0.25, -0.2) is 4.79 Å². The van der Waals surface area contributed by atoms with Crippen molar-refractivity contribution in [1.82, 2.24) is 4.90 Å². The molecule has 1 saturated heterocycles. The second-order valence-electron chi connectivity index (χ2n) is 13.1. The summed E-state index contributed by atoms with van der Waals surface area (Å²) in [6, 6.07) is 20.7. The zero-order valence-electron chi connectivity index (χ0n) is 29.7. The van der Waals surface area contributed by atoms with Crippen molar-refractivity contribution in [2.45, 2.75) is 50.7 Å². The highest BCUT2D eigenvalue weighted by molar-refractivity contribution is 8.01. The fourth-order valence-electron chi connectivity index (χ4n) is 6.56. The third kappa shape index (κ3) is 9.47. The Morgan fingerprint density at radius 3 is 2.12 bits per heavy atom. The molecule has 1 saturated carbocycles. The summed E-state index contributed by atoms with van der Waals surface area (Å²) < 4.78 is 5.88. The van der Waals surface area contributed by atoms with Crippen molar-refractivity contribution >= 4 is 69.9 Å². The summed E-state index contributed by atoms with van der Waals surface area (Å²) in [7, 11) is 1.74. The molecule has 3 heterocycles. The largest absolute Gasteiger partial charge is 0.460 e. The molecule has 274 valence electrons. The quantitative estimate of drug-likeness (QED) is 0.111. The van der Waals surface area contributed by atoms with E-state index in [-0.39, 0.29) is 23.3 Å². The molecule has 52 heavy (non-hydrogen) atoms. The summed E-state index contributed by atoms with van der Waals surface area (Å²) >= 11 is 4.40. The number of nitrogens with zero attached hydrogens (tertiary/aromatic N) is 2. The predicted octanol–water partition coefficient (Wildman–Crippen LogP) is 7.83. The Balaban J connectivity index is 0.000000979. The molecule has 1 aliphatic heterocycles. The van der Waals surface area contributed by atoms with Gasteiger partial charge in [-0.3, -0.25) is 14.4 Å². The van der Waals surface area contributed by atoms with Gasteiger partial charge in [-0.15, -0.1) is 34.4 Å². The van der Waals surface area contributed by atoms with Gasteiger partial charge in [0.15, 0.2) is 0 Å². The number of rotatable bonds is 12. The zero-order chi connectivity index (χ0) is 37.1. The van der Waals surface area contributed by atoms with E-state index in [0.29, 0.717) is 45.2 Å². The maximum Gasteiger partial charge on any atom is 0.349 e. The number of aliphatic hydroxyl groups is 1. The average Bonchev–Trinajstić information content (AvgIpc) is 3.91. The van der Waals surface area contributed by atoms with Gasteiger partial charge in [-0.2, -0.15) is 0 Å². The molecule has 0 atom stereocenters. The molecule has 2 N–H and O–H groups in total. The maximum absolute atomic E-state index is 13.3. The molecule has 6 rings (SSSR count). The summed E-state index contributed by atoms with van der Waals surface area (Å²) in [4.78, 5) is 54.8. The van der Waals surface area contributed by atoms with E-state index in [0.717, 1.165) is 45.1 Å². The molecule has 1 aliphatic carbocycles. The van der Waals surface area contributed by atoms with Gasteiger partial charge in [0.2, 0.25) is 11.5 Å². The fraction of sp³-hybridized carbons (Fsp3) is 0.350. The first kappa shape index (κ1) is 39.1. The molecule has 2 aromatic carbocycles. The molecule has 4 aromatic rings. The number of esters is 1. The van der Waals surface area contributed by atoms with Gasteiger partial charge in [-0.1, -0.05) is 18.2 Å². The number of thiophene rings is 2. The molecule has 0 radical (unpaired) electrons. The Hall–Kier alpha value is -4.07. The van der Waals surface area contributed by atoms with E-state index < -0.39 is 11.6 Å². The Labute approximate surface area is 317 Å². The number of aldehydes is 1. The number of hydrogen-bond donors (Lipinski definition) is 2. The summed E-state index contributed by atoms with van der Waals surface area (Å²) in [5, 5.41) is 20.0. The van der Waals surface area contributed by atoms with Crippen molar-refractivity contribution in [3.63, 3.8) is 0 Å². The van der Waals surface area contributed by atoms with E-state index in [1.807, 2.05) is 47.6 Å². The van der Waals surface area contributed by atoms with Crippen LogP contribution in [0.4, 0.5) is 11.4 Å². The molecule has 0 unspecified atom stereocenters. The summed E-state index contributed by atoms with van der Waals surface area (Å²) in [6.07, 6.45) is 8.53. The first-order chi connectivity index (χ1) is 25.1. The van der Waals surface area contributed by atoms with Crippen LogP contribution in [-0.2, 0) is 19.9 Å². The lowest BCUT2D eigenvalue weighted by atomic mass is 9.61. The minimum absolute atomic E-state index is 0.00246. The maximum atomic E-state index is 13.3. The molecule has 12 heteroatoms. The first-order valence-corrected chi connectivity index (χ1v) is 20.3. The van der Waals surface area contributed by atoms with Crippen LogP contribution in [0.15, 0.2) is 95.0 Å². The number of thioether (sulfide) groups is 1. The lowest BCUT2D eigenvalue weighted by molar-refractivity contribution is -0.181. The predicted molar refractivity (Wildman–Crippen MR) is 211 cm³/mol. The molecule has 2 fully saturated rings. The summed E-state index contributed by atoms with van der Waals surface area (Å²) in [5.41, 5.74) is 0.654. The van der Waals surface area contributed by atoms with E-state index in [1.165, 1.54) is 22.7 Å². The standard InChI is InChI=1S/C36H37N3O6S2.C4H8S/c1-38(28-12-8-26(9-13-28)33(42)37-27-10-6-25(24-40)7-11-27)32(41)14-17-39-18-15-35(16-19-39)22-29(23-35)45-34(43)36(44,30-4-2-20-46-30)31-5-3-21-47-31;1-3-4-5-2/h2-13,20-21,24,29,44H,14-19,22-23H2,1H3,(H,37,42);3-4H,1-2H3/b;4-3-. The van der Waals surface area contributed by atoms with Crippen LogP contribution in [0.2, 0.25) is 0 Å². The van der Waals surface area contributed by atoms with Crippen molar-refractivity contribution in [3.8, 4) is 0 Å². The van der Waals surface area contributed by atoms with Crippen molar-refractivity contribution < 1.29 is 29.0 Å². The topological polar surface area (TPSA) is 116 Å². The number of carbonyl (C=O) groups excluding carboxylic acids is 4. The number of likely N-dealkylation sites (tertiary alicyclic amines) is 1. The van der Waals surface area contributed by atoms with Gasteiger partial charge in [0.25, 0.3) is 5.91 Å². The van der Waals surface area contributed by atoms with Crippen LogP contribution in [0.25, 0.3) is 0 Å². The average molecular weight is 760 g/mol. The van der Waals surface area contributed by atoms with E-state index in [2.05, 4.69) is 10.2 Å². The molecule has 9 nitrogen and oxygen atoms in total. The van der Waals surface area contributed by atoms with E-state index in [4.69, 9.17) is 4.74 Å². The van der Waals surface area contributed by atoms with Crippen molar-refractivity contribution in [2.75, 3.05) is 43.2 Å². The Morgan fingerprint density at radius 2 is 1.62 bits per heavy atom. The zero-order valence-corrected chi connectivity index (χ0v) is 32.1. The van der Waals surface area contributed by atoms with Gasteiger partial charge in [0, 0.05) is 42.5 Å². The third-order valence-corrected chi connectivity index (χ3v) is 12.2. The minimum Gasteiger partial charge on any atom is -0.460 e. The van der Waals surface area contributed by atoms with E-state index in [9.17, 15) is 24.3 Å². The Kier molecular flexibility index (Phi) is 13.6. The highest BCUT2D eigenvalue weighted by Gasteiger charge is 2.51. The molecule has 1 spiro atoms. The minimum atomic E-state index is -1.78. The molecular formula is C40H45N3O6S3. The summed E-state index contributed by atoms with van der Waals surface area (Å²) in [5.74, 6) is -0.888.